The molecule has 0 aromatic heterocycles. The second kappa shape index (κ2) is 6.02. The number of hydrogen-bond donors (Lipinski definition) is 2. The summed E-state index contributed by atoms with van der Waals surface area (Å²) in [6.07, 6.45) is 3.58. The summed E-state index contributed by atoms with van der Waals surface area (Å²) >= 11 is 0. The maximum absolute atomic E-state index is 11.9. The largest absolute Gasteiger partial charge is 0.385 e. The smallest absolute Gasteiger partial charge is 0.237 e. The fraction of sp³-hybridized carbons (Fsp3) is 0.929. The van der Waals surface area contributed by atoms with E-state index in [-0.39, 0.29) is 17.5 Å². The van der Waals surface area contributed by atoms with Gasteiger partial charge >= 0.3 is 0 Å². The first kappa shape index (κ1) is 15.4. The van der Waals surface area contributed by atoms with Crippen LogP contribution in [0.3, 0.4) is 0 Å². The summed E-state index contributed by atoms with van der Waals surface area (Å²) in [5, 5.41) is 6.34. The van der Waals surface area contributed by atoms with Crippen LogP contribution in [0.2, 0.25) is 0 Å². The Kier molecular flexibility index (Phi) is 5.17. The fourth-order valence-electron chi connectivity index (χ4n) is 1.95. The molecule has 0 saturated heterocycles. The van der Waals surface area contributed by atoms with Gasteiger partial charge in [0.15, 0.2) is 0 Å². The Bertz CT molecular complexity index is 280. The number of nitrogens with one attached hydrogen (secondary N) is 2. The van der Waals surface area contributed by atoms with Crippen molar-refractivity contribution in [3.8, 4) is 0 Å². The Morgan fingerprint density at radius 2 is 2.00 bits per heavy atom. The lowest BCUT2D eigenvalue weighted by Crippen LogP contribution is -2.50. The molecule has 1 aliphatic rings. The Labute approximate surface area is 111 Å². The van der Waals surface area contributed by atoms with Crippen LogP contribution in [0, 0.1) is 5.41 Å². The van der Waals surface area contributed by atoms with E-state index in [0.717, 1.165) is 19.6 Å². The lowest BCUT2D eigenvalue weighted by molar-refractivity contribution is -0.124. The van der Waals surface area contributed by atoms with E-state index >= 15 is 0 Å². The molecule has 18 heavy (non-hydrogen) atoms. The van der Waals surface area contributed by atoms with Crippen LogP contribution in [-0.4, -0.2) is 37.7 Å². The first-order chi connectivity index (χ1) is 8.28. The second-order valence-electron chi connectivity index (χ2n) is 6.58. The monoisotopic (exact) mass is 256 g/mol. The van der Waals surface area contributed by atoms with Crippen molar-refractivity contribution in [1.82, 2.24) is 10.6 Å². The molecule has 1 aliphatic carbocycles. The molecule has 0 aliphatic heterocycles. The van der Waals surface area contributed by atoms with E-state index in [9.17, 15) is 4.79 Å². The molecule has 2 N–H and O–H groups in total. The molecule has 1 amide bonds. The zero-order chi connectivity index (χ0) is 13.8. The molecule has 106 valence electrons. The van der Waals surface area contributed by atoms with Gasteiger partial charge in [-0.1, -0.05) is 0 Å². The molecule has 0 bridgehead atoms. The van der Waals surface area contributed by atoms with Crippen LogP contribution >= 0.6 is 0 Å². The topological polar surface area (TPSA) is 50.4 Å². The summed E-state index contributed by atoms with van der Waals surface area (Å²) in [6, 6.07) is -0.135. The normalized spacial score (nSPS) is 19.4. The van der Waals surface area contributed by atoms with Crippen LogP contribution in [0.1, 0.15) is 47.0 Å². The van der Waals surface area contributed by atoms with Crippen LogP contribution in [0.25, 0.3) is 0 Å². The lowest BCUT2D eigenvalue weighted by atomic mass is 10.0. The molecule has 1 fully saturated rings. The van der Waals surface area contributed by atoms with Crippen LogP contribution in [0.5, 0.6) is 0 Å². The van der Waals surface area contributed by atoms with Crippen molar-refractivity contribution >= 4 is 5.91 Å². The third-order valence-electron chi connectivity index (χ3n) is 3.47. The maximum atomic E-state index is 11.9. The zero-order valence-corrected chi connectivity index (χ0v) is 12.4. The number of hydrogen-bond acceptors (Lipinski definition) is 3. The number of carbonyl (C=O) groups excluding carboxylic acids is 1. The minimum Gasteiger partial charge on any atom is -0.385 e. The van der Waals surface area contributed by atoms with E-state index < -0.39 is 0 Å². The van der Waals surface area contributed by atoms with Gasteiger partial charge in [-0.15, -0.1) is 0 Å². The van der Waals surface area contributed by atoms with E-state index in [1.165, 1.54) is 12.8 Å². The number of carbonyl (C=O) groups is 1. The second-order valence-corrected chi connectivity index (χ2v) is 6.58. The van der Waals surface area contributed by atoms with Crippen molar-refractivity contribution in [2.45, 2.75) is 58.5 Å². The predicted molar refractivity (Wildman–Crippen MR) is 73.5 cm³/mol. The average molecular weight is 256 g/mol. The molecule has 0 heterocycles. The molecular formula is C14H28N2O2. The Hall–Kier alpha value is -0.610. The minimum absolute atomic E-state index is 0.0741. The molecule has 0 spiro atoms. The molecule has 0 aromatic carbocycles. The number of ether oxygens (including phenoxy) is 1. The van der Waals surface area contributed by atoms with Gasteiger partial charge in [-0.25, -0.2) is 0 Å². The highest BCUT2D eigenvalue weighted by atomic mass is 16.5. The van der Waals surface area contributed by atoms with Gasteiger partial charge < -0.3 is 15.4 Å². The maximum Gasteiger partial charge on any atom is 0.237 e. The molecule has 0 aromatic rings. The van der Waals surface area contributed by atoms with Crippen molar-refractivity contribution in [3.63, 3.8) is 0 Å². The summed E-state index contributed by atoms with van der Waals surface area (Å²) in [5.41, 5.74) is 0.215. The molecular weight excluding hydrogens is 228 g/mol. The van der Waals surface area contributed by atoms with Gasteiger partial charge in [-0.2, -0.15) is 0 Å². The SMILES string of the molecule is COCCC1(CNC(C)C(=O)NC(C)(C)C)CC1. The van der Waals surface area contributed by atoms with Crippen LogP contribution in [0.4, 0.5) is 0 Å². The summed E-state index contributed by atoms with van der Waals surface area (Å²) in [7, 11) is 1.74. The Morgan fingerprint density at radius 1 is 1.39 bits per heavy atom. The highest BCUT2D eigenvalue weighted by Gasteiger charge is 2.42. The lowest BCUT2D eigenvalue weighted by Gasteiger charge is -2.25. The van der Waals surface area contributed by atoms with Crippen molar-refractivity contribution in [1.29, 1.82) is 0 Å². The molecule has 4 heteroatoms. The Balaban J connectivity index is 2.28. The van der Waals surface area contributed by atoms with E-state index in [2.05, 4.69) is 10.6 Å². The van der Waals surface area contributed by atoms with Gasteiger partial charge in [0, 0.05) is 25.8 Å². The molecule has 1 atom stereocenters. The third-order valence-corrected chi connectivity index (χ3v) is 3.47. The van der Waals surface area contributed by atoms with Gasteiger partial charge in [0.25, 0.3) is 0 Å². The average Bonchev–Trinajstić information content (AvgIpc) is 3.01. The van der Waals surface area contributed by atoms with E-state index in [4.69, 9.17) is 4.74 Å². The van der Waals surface area contributed by atoms with Crippen molar-refractivity contribution in [2.75, 3.05) is 20.3 Å². The van der Waals surface area contributed by atoms with E-state index in [1.807, 2.05) is 27.7 Å². The Morgan fingerprint density at radius 3 is 2.44 bits per heavy atom. The fourth-order valence-corrected chi connectivity index (χ4v) is 1.95. The quantitative estimate of drug-likeness (QED) is 0.729. The minimum atomic E-state index is -0.166. The summed E-state index contributed by atoms with van der Waals surface area (Å²) in [5.74, 6) is 0.0741. The third kappa shape index (κ3) is 5.36. The van der Waals surface area contributed by atoms with E-state index in [1.54, 1.807) is 7.11 Å². The van der Waals surface area contributed by atoms with Gasteiger partial charge in [-0.3, -0.25) is 4.79 Å². The van der Waals surface area contributed by atoms with Gasteiger partial charge in [0.2, 0.25) is 5.91 Å². The van der Waals surface area contributed by atoms with Gasteiger partial charge in [0.05, 0.1) is 6.04 Å². The van der Waals surface area contributed by atoms with E-state index in [0.29, 0.717) is 5.41 Å². The van der Waals surface area contributed by atoms with Crippen LogP contribution in [-0.2, 0) is 9.53 Å². The predicted octanol–water partition coefficient (Wildman–Crippen LogP) is 1.70. The number of rotatable bonds is 7. The first-order valence-electron chi connectivity index (χ1n) is 6.82. The highest BCUT2D eigenvalue weighted by molar-refractivity contribution is 5.81. The summed E-state index contributed by atoms with van der Waals surface area (Å²) in [4.78, 5) is 11.9. The zero-order valence-electron chi connectivity index (χ0n) is 12.4. The summed E-state index contributed by atoms with van der Waals surface area (Å²) in [6.45, 7) is 9.64. The van der Waals surface area contributed by atoms with Crippen molar-refractivity contribution in [2.24, 2.45) is 5.41 Å². The van der Waals surface area contributed by atoms with Crippen molar-refractivity contribution < 1.29 is 9.53 Å². The first-order valence-corrected chi connectivity index (χ1v) is 6.82. The van der Waals surface area contributed by atoms with Crippen LogP contribution < -0.4 is 10.6 Å². The standard InChI is InChI=1S/C14H28N2O2/c1-11(12(17)16-13(2,3)4)15-10-14(6-7-14)8-9-18-5/h11,15H,6-10H2,1-5H3,(H,16,17). The molecule has 1 unspecified atom stereocenters. The van der Waals surface area contributed by atoms with Gasteiger partial charge in [-0.05, 0) is 52.4 Å². The molecule has 4 nitrogen and oxygen atoms in total. The summed E-state index contributed by atoms with van der Waals surface area (Å²) < 4.78 is 5.13. The molecule has 1 rings (SSSR count). The molecule has 1 saturated carbocycles. The van der Waals surface area contributed by atoms with Crippen LogP contribution in [0.15, 0.2) is 0 Å². The molecule has 0 radical (unpaired) electrons. The van der Waals surface area contributed by atoms with Crippen molar-refractivity contribution in [3.05, 3.63) is 0 Å². The number of methoxy groups -OCH3 is 1. The number of amides is 1. The van der Waals surface area contributed by atoms with Gasteiger partial charge in [0.1, 0.15) is 0 Å². The highest BCUT2D eigenvalue weighted by Crippen LogP contribution is 2.48.